The van der Waals surface area contributed by atoms with E-state index in [4.69, 9.17) is 0 Å². The Morgan fingerprint density at radius 1 is 1.20 bits per heavy atom. The minimum absolute atomic E-state index is 0.589. The standard InChI is InChI=1S/C17H27N3/c1-13-10-16(20-8-4-5-9-20)6-7-17(13)18-15-11-14(2)19(3)12-15/h6-7,10,14-15,18H,4-5,8-9,11-12H2,1-3H3. The Morgan fingerprint density at radius 3 is 2.55 bits per heavy atom. The fourth-order valence-corrected chi connectivity index (χ4v) is 3.50. The third-order valence-corrected chi connectivity index (χ3v) is 4.93. The van der Waals surface area contributed by atoms with Gasteiger partial charge >= 0.3 is 0 Å². The summed E-state index contributed by atoms with van der Waals surface area (Å²) in [5.74, 6) is 0. The maximum Gasteiger partial charge on any atom is 0.0403 e. The Labute approximate surface area is 123 Å². The summed E-state index contributed by atoms with van der Waals surface area (Å²) < 4.78 is 0. The van der Waals surface area contributed by atoms with Gasteiger partial charge in [0.15, 0.2) is 0 Å². The Balaban J connectivity index is 1.68. The SMILES string of the molecule is Cc1cc(N2CCCC2)ccc1NC1CC(C)N(C)C1. The van der Waals surface area contributed by atoms with E-state index in [0.717, 1.165) is 6.54 Å². The highest BCUT2D eigenvalue weighted by Gasteiger charge is 2.26. The van der Waals surface area contributed by atoms with Gasteiger partial charge in [0.1, 0.15) is 0 Å². The van der Waals surface area contributed by atoms with Crippen molar-refractivity contribution in [2.24, 2.45) is 0 Å². The molecule has 1 aromatic carbocycles. The first kappa shape index (κ1) is 13.7. The number of rotatable bonds is 3. The Bertz CT molecular complexity index is 455. The van der Waals surface area contributed by atoms with Crippen LogP contribution in [0.1, 0.15) is 31.7 Å². The second-order valence-corrected chi connectivity index (χ2v) is 6.56. The predicted molar refractivity (Wildman–Crippen MR) is 86.7 cm³/mol. The van der Waals surface area contributed by atoms with Crippen LogP contribution in [0.25, 0.3) is 0 Å². The van der Waals surface area contributed by atoms with E-state index in [1.165, 1.54) is 49.3 Å². The molecule has 2 atom stereocenters. The van der Waals surface area contributed by atoms with Crippen molar-refractivity contribution >= 4 is 11.4 Å². The molecule has 2 unspecified atom stereocenters. The Hall–Kier alpha value is -1.22. The van der Waals surface area contributed by atoms with Gasteiger partial charge in [-0.15, -0.1) is 0 Å². The Kier molecular flexibility index (Phi) is 3.88. The smallest absolute Gasteiger partial charge is 0.0403 e. The number of hydrogen-bond donors (Lipinski definition) is 1. The summed E-state index contributed by atoms with van der Waals surface area (Å²) in [7, 11) is 2.22. The topological polar surface area (TPSA) is 18.5 Å². The average Bonchev–Trinajstić information content (AvgIpc) is 3.03. The maximum absolute atomic E-state index is 3.73. The molecule has 0 aliphatic carbocycles. The minimum atomic E-state index is 0.589. The molecule has 3 nitrogen and oxygen atoms in total. The van der Waals surface area contributed by atoms with Crippen molar-refractivity contribution in [2.45, 2.75) is 45.2 Å². The molecule has 3 rings (SSSR count). The molecule has 110 valence electrons. The first-order chi connectivity index (χ1) is 9.63. The molecular formula is C17H27N3. The molecule has 0 amide bonds. The molecule has 3 heteroatoms. The van der Waals surface area contributed by atoms with Crippen LogP contribution in [0.4, 0.5) is 11.4 Å². The summed E-state index contributed by atoms with van der Waals surface area (Å²) in [5.41, 5.74) is 4.07. The van der Waals surface area contributed by atoms with Crippen LogP contribution in [0, 0.1) is 6.92 Å². The number of hydrogen-bond acceptors (Lipinski definition) is 3. The monoisotopic (exact) mass is 273 g/mol. The van der Waals surface area contributed by atoms with Gasteiger partial charge in [-0.3, -0.25) is 0 Å². The number of aryl methyl sites for hydroxylation is 1. The van der Waals surface area contributed by atoms with E-state index >= 15 is 0 Å². The summed E-state index contributed by atoms with van der Waals surface area (Å²) in [6, 6.07) is 8.17. The predicted octanol–water partition coefficient (Wildman–Crippen LogP) is 3.10. The lowest BCUT2D eigenvalue weighted by Crippen LogP contribution is -2.25. The van der Waals surface area contributed by atoms with Gasteiger partial charge in [-0.05, 0) is 63.9 Å². The summed E-state index contributed by atoms with van der Waals surface area (Å²) >= 11 is 0. The summed E-state index contributed by atoms with van der Waals surface area (Å²) in [6.45, 7) is 8.12. The van der Waals surface area contributed by atoms with Gasteiger partial charge in [0, 0.05) is 43.1 Å². The lowest BCUT2D eigenvalue weighted by Gasteiger charge is -2.21. The van der Waals surface area contributed by atoms with Crippen LogP contribution in [0.3, 0.4) is 0 Å². The fraction of sp³-hybridized carbons (Fsp3) is 0.647. The molecule has 0 radical (unpaired) electrons. The highest BCUT2D eigenvalue weighted by Crippen LogP contribution is 2.27. The van der Waals surface area contributed by atoms with Crippen molar-refractivity contribution in [1.29, 1.82) is 0 Å². The van der Waals surface area contributed by atoms with E-state index in [0.29, 0.717) is 12.1 Å². The fourth-order valence-electron chi connectivity index (χ4n) is 3.50. The van der Waals surface area contributed by atoms with Gasteiger partial charge in [0.25, 0.3) is 0 Å². The third-order valence-electron chi connectivity index (χ3n) is 4.93. The highest BCUT2D eigenvalue weighted by atomic mass is 15.2. The van der Waals surface area contributed by atoms with Crippen LogP contribution in [-0.2, 0) is 0 Å². The largest absolute Gasteiger partial charge is 0.381 e. The van der Waals surface area contributed by atoms with Gasteiger partial charge in [0.05, 0.1) is 0 Å². The third kappa shape index (κ3) is 2.78. The highest BCUT2D eigenvalue weighted by molar-refractivity contribution is 5.61. The summed E-state index contributed by atoms with van der Waals surface area (Å²) in [6.07, 6.45) is 3.92. The molecule has 2 aliphatic rings. The van der Waals surface area contributed by atoms with Crippen LogP contribution < -0.4 is 10.2 Å². The maximum atomic E-state index is 3.73. The van der Waals surface area contributed by atoms with Crippen molar-refractivity contribution in [3.63, 3.8) is 0 Å². The van der Waals surface area contributed by atoms with Crippen LogP contribution in [0.15, 0.2) is 18.2 Å². The molecular weight excluding hydrogens is 246 g/mol. The molecule has 2 heterocycles. The van der Waals surface area contributed by atoms with E-state index in [1.54, 1.807) is 0 Å². The van der Waals surface area contributed by atoms with E-state index in [2.05, 4.69) is 54.2 Å². The number of anilines is 2. The molecule has 0 saturated carbocycles. The number of nitrogens with zero attached hydrogens (tertiary/aromatic N) is 2. The number of benzene rings is 1. The summed E-state index contributed by atoms with van der Waals surface area (Å²) in [5, 5.41) is 3.73. The van der Waals surface area contributed by atoms with Crippen molar-refractivity contribution < 1.29 is 0 Å². The molecule has 0 aromatic heterocycles. The van der Waals surface area contributed by atoms with Gasteiger partial charge < -0.3 is 15.1 Å². The van der Waals surface area contributed by atoms with Gasteiger partial charge in [-0.2, -0.15) is 0 Å². The van der Waals surface area contributed by atoms with Crippen LogP contribution in [0.5, 0.6) is 0 Å². The molecule has 1 N–H and O–H groups in total. The zero-order valence-electron chi connectivity index (χ0n) is 13.0. The molecule has 1 aromatic rings. The second-order valence-electron chi connectivity index (χ2n) is 6.56. The number of likely N-dealkylation sites (N-methyl/N-ethyl adjacent to an activating group) is 1. The number of nitrogens with one attached hydrogen (secondary N) is 1. The van der Waals surface area contributed by atoms with Crippen molar-refractivity contribution in [1.82, 2.24) is 4.90 Å². The lowest BCUT2D eigenvalue weighted by atomic mass is 10.1. The van der Waals surface area contributed by atoms with Crippen molar-refractivity contribution in [2.75, 3.05) is 36.9 Å². The molecule has 0 spiro atoms. The molecule has 20 heavy (non-hydrogen) atoms. The Morgan fingerprint density at radius 2 is 1.95 bits per heavy atom. The zero-order chi connectivity index (χ0) is 14.1. The van der Waals surface area contributed by atoms with Crippen LogP contribution in [0.2, 0.25) is 0 Å². The van der Waals surface area contributed by atoms with Crippen molar-refractivity contribution in [3.8, 4) is 0 Å². The van der Waals surface area contributed by atoms with Gasteiger partial charge in [-0.1, -0.05) is 0 Å². The molecule has 2 aliphatic heterocycles. The van der Waals surface area contributed by atoms with Gasteiger partial charge in [0.2, 0.25) is 0 Å². The van der Waals surface area contributed by atoms with Gasteiger partial charge in [-0.25, -0.2) is 0 Å². The summed E-state index contributed by atoms with van der Waals surface area (Å²) in [4.78, 5) is 4.94. The molecule has 2 fully saturated rings. The zero-order valence-corrected chi connectivity index (χ0v) is 13.0. The lowest BCUT2D eigenvalue weighted by molar-refractivity contribution is 0.330. The molecule has 0 bridgehead atoms. The van der Waals surface area contributed by atoms with E-state index in [9.17, 15) is 0 Å². The van der Waals surface area contributed by atoms with E-state index in [1.807, 2.05) is 0 Å². The van der Waals surface area contributed by atoms with E-state index in [-0.39, 0.29) is 0 Å². The van der Waals surface area contributed by atoms with Crippen LogP contribution >= 0.6 is 0 Å². The number of likely N-dealkylation sites (tertiary alicyclic amines) is 1. The molecule has 2 saturated heterocycles. The minimum Gasteiger partial charge on any atom is -0.381 e. The normalized spacial score (nSPS) is 27.2. The second kappa shape index (κ2) is 5.65. The van der Waals surface area contributed by atoms with Crippen molar-refractivity contribution in [3.05, 3.63) is 23.8 Å². The first-order valence-electron chi connectivity index (χ1n) is 7.96. The average molecular weight is 273 g/mol. The van der Waals surface area contributed by atoms with E-state index < -0.39 is 0 Å². The quantitative estimate of drug-likeness (QED) is 0.913. The van der Waals surface area contributed by atoms with Crippen LogP contribution in [-0.4, -0.2) is 43.7 Å². The first-order valence-corrected chi connectivity index (χ1v) is 7.96.